The van der Waals surface area contributed by atoms with Gasteiger partial charge in [-0.25, -0.2) is 9.18 Å². The highest BCUT2D eigenvalue weighted by atomic mass is 19.1. The monoisotopic (exact) mass is 260 g/mol. The van der Waals surface area contributed by atoms with Gasteiger partial charge in [0.05, 0.1) is 0 Å². The zero-order chi connectivity index (χ0) is 13.2. The Kier molecular flexibility index (Phi) is 3.23. The van der Waals surface area contributed by atoms with Crippen molar-refractivity contribution in [1.82, 2.24) is 10.6 Å². The molecule has 3 atom stereocenters. The van der Waals surface area contributed by atoms with Crippen molar-refractivity contribution in [3.63, 3.8) is 0 Å². The van der Waals surface area contributed by atoms with Crippen LogP contribution in [0.4, 0.5) is 9.18 Å². The fourth-order valence-corrected chi connectivity index (χ4v) is 2.95. The van der Waals surface area contributed by atoms with Crippen molar-refractivity contribution in [2.75, 3.05) is 0 Å². The molecule has 1 saturated carbocycles. The summed E-state index contributed by atoms with van der Waals surface area (Å²) in [6.07, 6.45) is 6.67. The first-order valence-electron chi connectivity index (χ1n) is 6.68. The average molecular weight is 260 g/mol. The number of hydrogen-bond acceptors (Lipinski definition) is 1. The quantitative estimate of drug-likeness (QED) is 0.806. The van der Waals surface area contributed by atoms with Gasteiger partial charge in [0.1, 0.15) is 5.82 Å². The molecule has 1 fully saturated rings. The Morgan fingerprint density at radius 3 is 2.63 bits per heavy atom. The third-order valence-electron chi connectivity index (χ3n) is 3.96. The van der Waals surface area contributed by atoms with Crippen molar-refractivity contribution in [1.29, 1.82) is 0 Å². The third kappa shape index (κ3) is 2.78. The van der Waals surface area contributed by atoms with Crippen LogP contribution in [0.3, 0.4) is 0 Å². The van der Waals surface area contributed by atoms with Crippen LogP contribution in [0, 0.1) is 17.7 Å². The van der Waals surface area contributed by atoms with Crippen LogP contribution >= 0.6 is 0 Å². The minimum atomic E-state index is -0.262. The fraction of sp³-hybridized carbons (Fsp3) is 0.400. The van der Waals surface area contributed by atoms with E-state index in [1.54, 1.807) is 12.1 Å². The number of rotatable bonds is 3. The summed E-state index contributed by atoms with van der Waals surface area (Å²) < 4.78 is 12.7. The van der Waals surface area contributed by atoms with Gasteiger partial charge in [-0.15, -0.1) is 0 Å². The average Bonchev–Trinajstić information content (AvgIpc) is 3.00. The van der Waals surface area contributed by atoms with E-state index in [-0.39, 0.29) is 17.9 Å². The molecule has 3 rings (SSSR count). The Morgan fingerprint density at radius 1 is 1.21 bits per heavy atom. The lowest BCUT2D eigenvalue weighted by atomic mass is 10.0. The SMILES string of the molecule is O=C(NCc1ccc(F)cc1)NC1CC2C=CC1C2. The van der Waals surface area contributed by atoms with Gasteiger partial charge >= 0.3 is 6.03 Å². The minimum absolute atomic E-state index is 0.143. The Hall–Kier alpha value is -1.84. The molecule has 2 N–H and O–H groups in total. The number of urea groups is 1. The van der Waals surface area contributed by atoms with E-state index in [1.807, 2.05) is 0 Å². The standard InChI is InChI=1S/C15H17FN2O/c16-13-5-2-10(3-6-13)9-17-15(19)18-14-8-11-1-4-12(14)7-11/h1-6,11-12,14H,7-9H2,(H2,17,18,19). The molecule has 0 aromatic heterocycles. The summed E-state index contributed by atoms with van der Waals surface area (Å²) in [5.74, 6) is 0.885. The lowest BCUT2D eigenvalue weighted by molar-refractivity contribution is 0.234. The molecule has 1 aromatic rings. The maximum atomic E-state index is 12.7. The van der Waals surface area contributed by atoms with E-state index in [4.69, 9.17) is 0 Å². The van der Waals surface area contributed by atoms with E-state index >= 15 is 0 Å². The molecular weight excluding hydrogens is 243 g/mol. The summed E-state index contributed by atoms with van der Waals surface area (Å²) in [5.41, 5.74) is 0.893. The van der Waals surface area contributed by atoms with Crippen molar-refractivity contribution < 1.29 is 9.18 Å². The van der Waals surface area contributed by atoms with Crippen LogP contribution in [-0.4, -0.2) is 12.1 Å². The molecule has 2 amide bonds. The van der Waals surface area contributed by atoms with Crippen molar-refractivity contribution in [3.8, 4) is 0 Å². The molecule has 0 spiro atoms. The number of carbonyl (C=O) groups is 1. The minimum Gasteiger partial charge on any atom is -0.335 e. The van der Waals surface area contributed by atoms with Gasteiger partial charge in [-0.3, -0.25) is 0 Å². The van der Waals surface area contributed by atoms with Gasteiger partial charge in [0.25, 0.3) is 0 Å². The van der Waals surface area contributed by atoms with Gasteiger partial charge in [-0.2, -0.15) is 0 Å². The molecule has 2 aliphatic carbocycles. The predicted octanol–water partition coefficient (Wildman–Crippen LogP) is 2.59. The number of nitrogens with one attached hydrogen (secondary N) is 2. The molecule has 100 valence electrons. The third-order valence-corrected chi connectivity index (χ3v) is 3.96. The Labute approximate surface area is 111 Å². The van der Waals surface area contributed by atoms with Gasteiger partial charge < -0.3 is 10.6 Å². The van der Waals surface area contributed by atoms with Gasteiger partial charge in [0, 0.05) is 12.6 Å². The van der Waals surface area contributed by atoms with Crippen LogP contribution in [0.2, 0.25) is 0 Å². The number of halogens is 1. The van der Waals surface area contributed by atoms with Crippen molar-refractivity contribution in [3.05, 3.63) is 47.8 Å². The molecule has 0 radical (unpaired) electrons. The van der Waals surface area contributed by atoms with Crippen LogP contribution in [0.5, 0.6) is 0 Å². The summed E-state index contributed by atoms with van der Waals surface area (Å²) in [6, 6.07) is 6.27. The fourth-order valence-electron chi connectivity index (χ4n) is 2.95. The van der Waals surface area contributed by atoms with E-state index in [1.165, 1.54) is 18.6 Å². The normalized spacial score (nSPS) is 27.5. The first kappa shape index (κ1) is 12.2. The van der Waals surface area contributed by atoms with Gasteiger partial charge in [0.2, 0.25) is 0 Å². The van der Waals surface area contributed by atoms with Gasteiger partial charge in [-0.1, -0.05) is 24.3 Å². The molecule has 19 heavy (non-hydrogen) atoms. The lowest BCUT2D eigenvalue weighted by Gasteiger charge is -2.20. The van der Waals surface area contributed by atoms with Crippen molar-refractivity contribution >= 4 is 6.03 Å². The molecule has 0 heterocycles. The smallest absolute Gasteiger partial charge is 0.315 e. The highest BCUT2D eigenvalue weighted by Gasteiger charge is 2.36. The second-order valence-electron chi connectivity index (χ2n) is 5.34. The van der Waals surface area contributed by atoms with E-state index in [0.29, 0.717) is 18.4 Å². The molecule has 0 saturated heterocycles. The first-order valence-corrected chi connectivity index (χ1v) is 6.68. The predicted molar refractivity (Wildman–Crippen MR) is 70.9 cm³/mol. The Bertz CT molecular complexity index is 497. The van der Waals surface area contributed by atoms with Crippen molar-refractivity contribution in [2.24, 2.45) is 11.8 Å². The number of amides is 2. The second kappa shape index (κ2) is 5.03. The molecule has 2 aliphatic rings. The van der Waals surface area contributed by atoms with Crippen LogP contribution in [0.15, 0.2) is 36.4 Å². The number of carbonyl (C=O) groups excluding carboxylic acids is 1. The highest BCUT2D eigenvalue weighted by Crippen LogP contribution is 2.38. The van der Waals surface area contributed by atoms with Crippen LogP contribution in [0.25, 0.3) is 0 Å². The van der Waals surface area contributed by atoms with E-state index in [9.17, 15) is 9.18 Å². The Balaban J connectivity index is 1.47. The Morgan fingerprint density at radius 2 is 2.00 bits per heavy atom. The first-order chi connectivity index (χ1) is 9.20. The molecular formula is C15H17FN2O. The van der Waals surface area contributed by atoms with Gasteiger partial charge in [-0.05, 0) is 42.4 Å². The van der Waals surface area contributed by atoms with Crippen LogP contribution < -0.4 is 10.6 Å². The van der Waals surface area contributed by atoms with E-state index < -0.39 is 0 Å². The number of benzene rings is 1. The maximum Gasteiger partial charge on any atom is 0.315 e. The molecule has 4 heteroatoms. The molecule has 2 bridgehead atoms. The summed E-state index contributed by atoms with van der Waals surface area (Å²) in [5, 5.41) is 5.82. The summed E-state index contributed by atoms with van der Waals surface area (Å²) >= 11 is 0. The topological polar surface area (TPSA) is 41.1 Å². The van der Waals surface area contributed by atoms with Crippen LogP contribution in [0.1, 0.15) is 18.4 Å². The van der Waals surface area contributed by atoms with Crippen LogP contribution in [-0.2, 0) is 6.54 Å². The molecule has 3 unspecified atom stereocenters. The summed E-state index contributed by atoms with van der Waals surface area (Å²) in [4.78, 5) is 11.8. The molecule has 3 nitrogen and oxygen atoms in total. The van der Waals surface area contributed by atoms with E-state index in [0.717, 1.165) is 12.0 Å². The van der Waals surface area contributed by atoms with Gasteiger partial charge in [0.15, 0.2) is 0 Å². The highest BCUT2D eigenvalue weighted by molar-refractivity contribution is 5.74. The van der Waals surface area contributed by atoms with E-state index in [2.05, 4.69) is 22.8 Å². The molecule has 1 aromatic carbocycles. The maximum absolute atomic E-state index is 12.7. The second-order valence-corrected chi connectivity index (χ2v) is 5.34. The largest absolute Gasteiger partial charge is 0.335 e. The van der Waals surface area contributed by atoms with Crippen molar-refractivity contribution in [2.45, 2.75) is 25.4 Å². The summed E-state index contributed by atoms with van der Waals surface area (Å²) in [7, 11) is 0. The number of hydrogen-bond donors (Lipinski definition) is 2. The number of fused-ring (bicyclic) bond motifs is 2. The lowest BCUT2D eigenvalue weighted by Crippen LogP contribution is -2.43. The zero-order valence-corrected chi connectivity index (χ0v) is 10.6. The molecule has 0 aliphatic heterocycles. The zero-order valence-electron chi connectivity index (χ0n) is 10.6. The number of allylic oxidation sites excluding steroid dienone is 1. The summed E-state index contributed by atoms with van der Waals surface area (Å²) in [6.45, 7) is 0.419.